The number of hydrogen-bond acceptors (Lipinski definition) is 12. The Balaban J connectivity index is 0.000000229. The predicted octanol–water partition coefficient (Wildman–Crippen LogP) is 11.6. The van der Waals surface area contributed by atoms with Crippen molar-refractivity contribution in [3.63, 3.8) is 0 Å². The van der Waals surface area contributed by atoms with E-state index in [4.69, 9.17) is 15.7 Å². The third-order valence-corrected chi connectivity index (χ3v) is 27.2. The second-order valence-electron chi connectivity index (χ2n) is 17.1. The van der Waals surface area contributed by atoms with Gasteiger partial charge in [-0.3, -0.25) is 10.3 Å². The molecule has 6 heterocycles. The molecular formula is C53H74N12OSSn. The quantitative estimate of drug-likeness (QED) is 0.0747. The van der Waals surface area contributed by atoms with Crippen molar-refractivity contribution in [2.45, 2.75) is 79.5 Å². The molecule has 6 aromatic heterocycles. The summed E-state index contributed by atoms with van der Waals surface area (Å²) in [5.74, 6) is 3.58. The number of pyridine rings is 5. The molecule has 4 N–H and O–H groups in total. The zero-order valence-electron chi connectivity index (χ0n) is 42.0. The SMILES string of the molecule is CCC[CH2][Sn]([CH2]CCC)([CH2]CCC)[c]1cccc(N(C)C)n1.CCNC(=O)Nc1nc2cc(-c3cccnc3)cc(-c3cccc(N(C)C)n3)c2s1.CN(C)c1ccccn1.Nc1ccccn1. The van der Waals surface area contributed by atoms with Crippen LogP contribution in [0.15, 0.2) is 122 Å². The van der Waals surface area contributed by atoms with Crippen molar-refractivity contribution in [1.82, 2.24) is 35.2 Å². The van der Waals surface area contributed by atoms with Crippen LogP contribution in [0.4, 0.5) is 33.2 Å². The van der Waals surface area contributed by atoms with Crippen molar-refractivity contribution in [3.8, 4) is 22.4 Å². The third-order valence-electron chi connectivity index (χ3n) is 11.1. The van der Waals surface area contributed by atoms with Crippen molar-refractivity contribution >= 4 is 78.1 Å². The average molecular weight is 1050 g/mol. The van der Waals surface area contributed by atoms with Crippen molar-refractivity contribution < 1.29 is 4.79 Å². The van der Waals surface area contributed by atoms with Crippen LogP contribution in [0.3, 0.4) is 0 Å². The van der Waals surface area contributed by atoms with Gasteiger partial charge in [-0.05, 0) is 67.1 Å². The molecule has 68 heavy (non-hydrogen) atoms. The van der Waals surface area contributed by atoms with E-state index in [9.17, 15) is 4.79 Å². The van der Waals surface area contributed by atoms with Gasteiger partial charge in [0.15, 0.2) is 5.13 Å². The standard InChI is InChI=1S/C22H22N6OS.C7H10N2.C7H9N2.C5H6N2.3C4H9.Sn/c1-4-24-21(29)27-22-26-18-12-15(14-7-6-10-23-13-14)11-16(20(18)30-22)17-8-5-9-19(25-17)28(2)3;2*1-9(2)7-5-3-4-6-8-7;6-5-3-1-2-4-7-5;3*1-3-4-2;/h5-13H,4H2,1-3H3,(H2,24,26,27,29);3-6H,1-2H3;3-5H,1-2H3;1-4H,(H2,6,7);3*1,3-4H2,2H3;. The van der Waals surface area contributed by atoms with Crippen LogP contribution >= 0.6 is 11.3 Å². The maximum atomic E-state index is 12.0. The normalized spacial score (nSPS) is 10.6. The van der Waals surface area contributed by atoms with Gasteiger partial charge in [0.2, 0.25) is 0 Å². The van der Waals surface area contributed by atoms with Gasteiger partial charge in [-0.15, -0.1) is 0 Å². The van der Waals surface area contributed by atoms with E-state index < -0.39 is 18.4 Å². The number of unbranched alkanes of at least 4 members (excludes halogenated alkanes) is 3. The number of carbonyl (C=O) groups is 1. The molecule has 7 aromatic rings. The third kappa shape index (κ3) is 17.3. The first-order valence-corrected chi connectivity index (χ1v) is 32.1. The van der Waals surface area contributed by atoms with E-state index in [-0.39, 0.29) is 6.03 Å². The molecular weight excluding hydrogens is 971 g/mol. The first-order valence-electron chi connectivity index (χ1n) is 23.8. The van der Waals surface area contributed by atoms with E-state index in [0.717, 1.165) is 50.1 Å². The minimum absolute atomic E-state index is 0.265. The van der Waals surface area contributed by atoms with E-state index >= 15 is 0 Å². The molecule has 7 rings (SSSR count). The molecule has 0 aliphatic heterocycles. The summed E-state index contributed by atoms with van der Waals surface area (Å²) in [6, 6.07) is 31.8. The van der Waals surface area contributed by atoms with Crippen LogP contribution in [-0.4, -0.2) is 103 Å². The number of aromatic nitrogens is 6. The summed E-state index contributed by atoms with van der Waals surface area (Å²) >= 11 is -0.899. The molecule has 0 saturated carbocycles. The van der Waals surface area contributed by atoms with Crippen LogP contribution < -0.4 is 34.8 Å². The van der Waals surface area contributed by atoms with E-state index in [1.807, 2.05) is 118 Å². The Hall–Kier alpha value is -5.87. The molecule has 13 nitrogen and oxygen atoms in total. The predicted molar refractivity (Wildman–Crippen MR) is 293 cm³/mol. The molecule has 0 fully saturated rings. The number of nitrogens with one attached hydrogen (secondary N) is 2. The largest absolute Gasteiger partial charge is 0.384 e. The van der Waals surface area contributed by atoms with E-state index in [2.05, 4.69) is 94.6 Å². The Kier molecular flexibility index (Phi) is 23.4. The monoisotopic (exact) mass is 1050 g/mol. The number of hydrogen-bond donors (Lipinski definition) is 3. The summed E-state index contributed by atoms with van der Waals surface area (Å²) < 4.78 is 6.99. The molecule has 0 aliphatic rings. The fourth-order valence-electron chi connectivity index (χ4n) is 7.37. The van der Waals surface area contributed by atoms with Gasteiger partial charge in [0, 0.05) is 70.6 Å². The maximum Gasteiger partial charge on any atom is 0.321 e. The Morgan fingerprint density at radius 3 is 1.74 bits per heavy atom. The van der Waals surface area contributed by atoms with Gasteiger partial charge in [0.25, 0.3) is 0 Å². The number of amides is 2. The summed E-state index contributed by atoms with van der Waals surface area (Å²) in [5, 5.41) is 6.09. The maximum absolute atomic E-state index is 12.0. The minimum Gasteiger partial charge on any atom is -0.384 e. The van der Waals surface area contributed by atoms with Gasteiger partial charge in [0.05, 0.1) is 15.9 Å². The van der Waals surface area contributed by atoms with Crippen LogP contribution in [0, 0.1) is 0 Å². The molecule has 2 amide bonds. The summed E-state index contributed by atoms with van der Waals surface area (Å²) in [6.07, 6.45) is 15.2. The number of thiazole rings is 1. The van der Waals surface area contributed by atoms with Crippen LogP contribution in [0.1, 0.15) is 66.2 Å². The van der Waals surface area contributed by atoms with E-state index in [1.165, 1.54) is 66.9 Å². The van der Waals surface area contributed by atoms with Crippen molar-refractivity contribution in [2.75, 3.05) is 74.6 Å². The van der Waals surface area contributed by atoms with Crippen LogP contribution in [-0.2, 0) is 0 Å². The second-order valence-corrected chi connectivity index (χ2v) is 31.1. The van der Waals surface area contributed by atoms with Gasteiger partial charge < -0.3 is 20.9 Å². The first kappa shape index (κ1) is 54.7. The number of benzene rings is 1. The van der Waals surface area contributed by atoms with Crippen LogP contribution in [0.5, 0.6) is 0 Å². The molecule has 0 atom stereocenters. The first-order chi connectivity index (χ1) is 32.8. The zero-order valence-corrected chi connectivity index (χ0v) is 45.7. The fourth-order valence-corrected chi connectivity index (χ4v) is 23.8. The van der Waals surface area contributed by atoms with Crippen molar-refractivity contribution in [2.24, 2.45) is 0 Å². The van der Waals surface area contributed by atoms with Crippen LogP contribution in [0.25, 0.3) is 32.6 Å². The Morgan fingerprint density at radius 1 is 0.632 bits per heavy atom. The smallest absolute Gasteiger partial charge is 0.321 e. The van der Waals surface area contributed by atoms with Crippen molar-refractivity contribution in [3.05, 3.63) is 122 Å². The average Bonchev–Trinajstić information content (AvgIpc) is 3.77. The number of nitrogens with zero attached hydrogens (tertiary/aromatic N) is 9. The van der Waals surface area contributed by atoms with E-state index in [1.54, 1.807) is 24.7 Å². The van der Waals surface area contributed by atoms with Gasteiger partial charge in [0.1, 0.15) is 17.5 Å². The zero-order chi connectivity index (χ0) is 49.3. The topological polar surface area (TPSA) is 154 Å². The summed E-state index contributed by atoms with van der Waals surface area (Å²) in [4.78, 5) is 44.8. The number of rotatable bonds is 17. The van der Waals surface area contributed by atoms with E-state index in [0.29, 0.717) is 17.5 Å². The fraction of sp³-hybridized carbons (Fsp3) is 0.377. The number of carbonyl (C=O) groups excluding carboxylic acids is 1. The second kappa shape index (κ2) is 29.1. The Bertz CT molecular complexity index is 2480. The molecule has 0 spiro atoms. The molecule has 1 aromatic carbocycles. The molecule has 0 radical (unpaired) electrons. The number of nitrogens with two attached hydrogens (primary N) is 1. The number of fused-ring (bicyclic) bond motifs is 1. The summed E-state index contributed by atoms with van der Waals surface area (Å²) in [7, 11) is 12.1. The number of anilines is 5. The van der Waals surface area contributed by atoms with Crippen LogP contribution in [0.2, 0.25) is 13.3 Å². The van der Waals surface area contributed by atoms with Gasteiger partial charge in [-0.2, -0.15) is 0 Å². The molecule has 0 bridgehead atoms. The number of nitrogen functional groups attached to an aromatic ring is 1. The van der Waals surface area contributed by atoms with Gasteiger partial charge >= 0.3 is 149 Å². The summed E-state index contributed by atoms with van der Waals surface area (Å²) in [6.45, 7) is 9.42. The Morgan fingerprint density at radius 2 is 1.24 bits per heavy atom. The minimum atomic E-state index is -2.34. The molecule has 0 saturated heterocycles. The molecule has 0 unspecified atom stereocenters. The number of urea groups is 1. The molecule has 0 aliphatic carbocycles. The summed E-state index contributed by atoms with van der Waals surface area (Å²) in [5.41, 5.74) is 9.87. The van der Waals surface area contributed by atoms with Crippen molar-refractivity contribution in [1.29, 1.82) is 0 Å². The Labute approximate surface area is 414 Å². The van der Waals surface area contributed by atoms with Gasteiger partial charge in [-0.1, -0.05) is 35.6 Å². The molecule has 15 heteroatoms. The molecule has 362 valence electrons. The van der Waals surface area contributed by atoms with Gasteiger partial charge in [-0.25, -0.2) is 24.7 Å².